The summed E-state index contributed by atoms with van der Waals surface area (Å²) in [5, 5.41) is 11.6. The summed E-state index contributed by atoms with van der Waals surface area (Å²) in [5.74, 6) is -2.06. The van der Waals surface area contributed by atoms with E-state index in [9.17, 15) is 18.0 Å². The van der Waals surface area contributed by atoms with E-state index in [2.05, 4.69) is 5.32 Å². The van der Waals surface area contributed by atoms with Crippen molar-refractivity contribution in [3.8, 4) is 0 Å². The molecule has 1 fully saturated rings. The first-order chi connectivity index (χ1) is 9.24. The number of hydrogen-bond donors (Lipinski definition) is 2. The molecule has 0 spiro atoms. The fraction of sp³-hybridized carbons (Fsp3) is 0.833. The third-order valence-corrected chi connectivity index (χ3v) is 5.44. The van der Waals surface area contributed by atoms with Crippen molar-refractivity contribution >= 4 is 21.9 Å². The minimum absolute atomic E-state index is 0.0492. The van der Waals surface area contributed by atoms with Gasteiger partial charge in [-0.15, -0.1) is 0 Å². The summed E-state index contributed by atoms with van der Waals surface area (Å²) < 4.78 is 24.2. The molecule has 1 rings (SSSR count). The summed E-state index contributed by atoms with van der Waals surface area (Å²) in [6.07, 6.45) is 2.32. The lowest BCUT2D eigenvalue weighted by molar-refractivity contribution is -0.144. The number of carbonyl (C=O) groups is 2. The molecule has 1 aliphatic carbocycles. The second-order valence-electron chi connectivity index (χ2n) is 5.29. The standard InChI is InChI=1S/C12H22N2O5S/c1-14(2)20(18,19)7-6-13-11(15)9-4-3-5-10(8-9)12(16)17/h9-10H,3-8H2,1-2H3,(H,13,15)(H,16,17). The smallest absolute Gasteiger partial charge is 0.306 e. The summed E-state index contributed by atoms with van der Waals surface area (Å²) in [7, 11) is -0.444. The first-order valence-electron chi connectivity index (χ1n) is 6.64. The lowest BCUT2D eigenvalue weighted by Gasteiger charge is -2.25. The number of nitrogens with one attached hydrogen (secondary N) is 1. The largest absolute Gasteiger partial charge is 0.481 e. The number of carbonyl (C=O) groups excluding carboxylic acids is 1. The van der Waals surface area contributed by atoms with Crippen molar-refractivity contribution in [3.05, 3.63) is 0 Å². The highest BCUT2D eigenvalue weighted by Gasteiger charge is 2.30. The third-order valence-electron chi connectivity index (χ3n) is 3.61. The Bertz CT molecular complexity index is 460. The molecular formula is C12H22N2O5S. The predicted molar refractivity (Wildman–Crippen MR) is 73.6 cm³/mol. The van der Waals surface area contributed by atoms with Crippen LogP contribution in [0.15, 0.2) is 0 Å². The van der Waals surface area contributed by atoms with Crippen molar-refractivity contribution in [2.75, 3.05) is 26.4 Å². The minimum atomic E-state index is -3.32. The Morgan fingerprint density at radius 2 is 1.85 bits per heavy atom. The molecule has 2 atom stereocenters. The first-order valence-corrected chi connectivity index (χ1v) is 8.25. The van der Waals surface area contributed by atoms with Crippen LogP contribution in [0.4, 0.5) is 0 Å². The second kappa shape index (κ2) is 7.03. The van der Waals surface area contributed by atoms with Crippen molar-refractivity contribution in [2.45, 2.75) is 25.7 Å². The number of hydrogen-bond acceptors (Lipinski definition) is 4. The van der Waals surface area contributed by atoms with Gasteiger partial charge in [-0.1, -0.05) is 6.42 Å². The highest BCUT2D eigenvalue weighted by atomic mass is 32.2. The fourth-order valence-corrected chi connectivity index (χ4v) is 3.01. The maximum Gasteiger partial charge on any atom is 0.306 e. The van der Waals surface area contributed by atoms with Gasteiger partial charge in [-0.25, -0.2) is 12.7 Å². The zero-order valence-corrected chi connectivity index (χ0v) is 12.6. The van der Waals surface area contributed by atoms with Crippen LogP contribution < -0.4 is 5.32 Å². The van der Waals surface area contributed by atoms with Gasteiger partial charge in [-0.3, -0.25) is 9.59 Å². The van der Waals surface area contributed by atoms with Crippen molar-refractivity contribution < 1.29 is 23.1 Å². The summed E-state index contributed by atoms with van der Waals surface area (Å²) >= 11 is 0. The van der Waals surface area contributed by atoms with Crippen LogP contribution >= 0.6 is 0 Å². The van der Waals surface area contributed by atoms with Gasteiger partial charge in [0.25, 0.3) is 0 Å². The molecule has 0 saturated heterocycles. The Balaban J connectivity index is 2.41. The van der Waals surface area contributed by atoms with Gasteiger partial charge in [0.15, 0.2) is 0 Å². The minimum Gasteiger partial charge on any atom is -0.481 e. The molecule has 2 unspecified atom stereocenters. The molecule has 0 heterocycles. The molecule has 0 aromatic heterocycles. The SMILES string of the molecule is CN(C)S(=O)(=O)CCNC(=O)C1CCCC(C(=O)O)C1. The van der Waals surface area contributed by atoms with Crippen LogP contribution in [0.25, 0.3) is 0 Å². The highest BCUT2D eigenvalue weighted by Crippen LogP contribution is 2.29. The summed E-state index contributed by atoms with van der Waals surface area (Å²) in [6, 6.07) is 0. The van der Waals surface area contributed by atoms with E-state index in [1.165, 1.54) is 14.1 Å². The lowest BCUT2D eigenvalue weighted by Crippen LogP contribution is -2.39. The Morgan fingerprint density at radius 3 is 2.40 bits per heavy atom. The Labute approximate surface area is 119 Å². The average Bonchev–Trinajstić information content (AvgIpc) is 2.38. The number of rotatable bonds is 6. The quantitative estimate of drug-likeness (QED) is 0.712. The van der Waals surface area contributed by atoms with Gasteiger partial charge >= 0.3 is 5.97 Å². The van der Waals surface area contributed by atoms with Crippen LogP contribution in [0.3, 0.4) is 0 Å². The molecule has 0 radical (unpaired) electrons. The first kappa shape index (κ1) is 16.9. The zero-order chi connectivity index (χ0) is 15.3. The average molecular weight is 306 g/mol. The van der Waals surface area contributed by atoms with Crippen LogP contribution in [0.1, 0.15) is 25.7 Å². The maximum atomic E-state index is 11.9. The summed E-state index contributed by atoms with van der Waals surface area (Å²) in [5.41, 5.74) is 0. The molecule has 7 nitrogen and oxygen atoms in total. The van der Waals surface area contributed by atoms with E-state index in [4.69, 9.17) is 5.11 Å². The molecular weight excluding hydrogens is 284 g/mol. The summed E-state index contributed by atoms with van der Waals surface area (Å²) in [6.45, 7) is 0.0492. The monoisotopic (exact) mass is 306 g/mol. The molecule has 1 amide bonds. The third kappa shape index (κ3) is 4.75. The maximum absolute atomic E-state index is 11.9. The lowest BCUT2D eigenvalue weighted by atomic mass is 9.81. The number of carboxylic acids is 1. The number of nitrogens with zero attached hydrogens (tertiary/aromatic N) is 1. The summed E-state index contributed by atoms with van der Waals surface area (Å²) in [4.78, 5) is 22.8. The van der Waals surface area contributed by atoms with Crippen molar-refractivity contribution in [2.24, 2.45) is 11.8 Å². The molecule has 0 bridgehead atoms. The van der Waals surface area contributed by atoms with Crippen molar-refractivity contribution in [1.82, 2.24) is 9.62 Å². The Hall–Kier alpha value is -1.15. The van der Waals surface area contributed by atoms with Crippen LogP contribution in [0, 0.1) is 11.8 Å². The van der Waals surface area contributed by atoms with Crippen LogP contribution in [0.2, 0.25) is 0 Å². The van der Waals surface area contributed by atoms with E-state index in [-0.39, 0.29) is 24.1 Å². The molecule has 116 valence electrons. The van der Waals surface area contributed by atoms with Gasteiger partial charge in [-0.2, -0.15) is 0 Å². The van der Waals surface area contributed by atoms with Crippen LogP contribution in [0.5, 0.6) is 0 Å². The van der Waals surface area contributed by atoms with Gasteiger partial charge in [0.05, 0.1) is 11.7 Å². The number of carboxylic acid groups (broad SMARTS) is 1. The van der Waals surface area contributed by atoms with Gasteiger partial charge in [0, 0.05) is 26.6 Å². The van der Waals surface area contributed by atoms with Gasteiger partial charge in [0.1, 0.15) is 0 Å². The number of sulfonamides is 1. The van der Waals surface area contributed by atoms with Crippen molar-refractivity contribution in [1.29, 1.82) is 0 Å². The predicted octanol–water partition coefficient (Wildman–Crippen LogP) is -0.115. The van der Waals surface area contributed by atoms with Crippen molar-refractivity contribution in [3.63, 3.8) is 0 Å². The number of aliphatic carboxylic acids is 1. The van der Waals surface area contributed by atoms with Crippen LogP contribution in [-0.4, -0.2) is 56.1 Å². The van der Waals surface area contributed by atoms with Gasteiger partial charge < -0.3 is 10.4 Å². The number of amides is 1. The normalized spacial score (nSPS) is 23.6. The topological polar surface area (TPSA) is 104 Å². The van der Waals surface area contributed by atoms with E-state index >= 15 is 0 Å². The molecule has 1 saturated carbocycles. The van der Waals surface area contributed by atoms with Gasteiger partial charge in [0.2, 0.25) is 15.9 Å². The highest BCUT2D eigenvalue weighted by molar-refractivity contribution is 7.89. The van der Waals surface area contributed by atoms with E-state index in [1.807, 2.05) is 0 Å². The van der Waals surface area contributed by atoms with Crippen LogP contribution in [-0.2, 0) is 19.6 Å². The van der Waals surface area contributed by atoms with Gasteiger partial charge in [-0.05, 0) is 19.3 Å². The molecule has 2 N–H and O–H groups in total. The molecule has 1 aliphatic rings. The molecule has 8 heteroatoms. The molecule has 20 heavy (non-hydrogen) atoms. The van der Waals surface area contributed by atoms with E-state index in [0.29, 0.717) is 25.7 Å². The molecule has 0 aromatic rings. The molecule has 0 aromatic carbocycles. The van der Waals surface area contributed by atoms with E-state index in [0.717, 1.165) is 4.31 Å². The Morgan fingerprint density at radius 1 is 1.25 bits per heavy atom. The molecule has 0 aliphatic heterocycles. The van der Waals surface area contributed by atoms with E-state index < -0.39 is 21.9 Å². The second-order valence-corrected chi connectivity index (χ2v) is 7.59. The zero-order valence-electron chi connectivity index (χ0n) is 11.8. The Kier molecular flexibility index (Phi) is 5.94. The fourth-order valence-electron chi connectivity index (χ4n) is 2.28. The van der Waals surface area contributed by atoms with E-state index in [1.54, 1.807) is 0 Å².